The highest BCUT2D eigenvalue weighted by molar-refractivity contribution is 6.34. The van der Waals surface area contributed by atoms with Crippen molar-refractivity contribution in [1.82, 2.24) is 25.1 Å². The van der Waals surface area contributed by atoms with E-state index in [4.69, 9.17) is 21.7 Å². The zero-order valence-corrected chi connectivity index (χ0v) is 26.5. The van der Waals surface area contributed by atoms with Crippen LogP contribution in [0.1, 0.15) is 40.4 Å². The van der Waals surface area contributed by atoms with Gasteiger partial charge in [0, 0.05) is 80.7 Å². The summed E-state index contributed by atoms with van der Waals surface area (Å²) in [5.41, 5.74) is 1.65. The molecule has 2 amide bonds. The van der Waals surface area contributed by atoms with E-state index < -0.39 is 17.5 Å². The molecule has 1 saturated carbocycles. The molecule has 4 N–H and O–H groups in total. The van der Waals surface area contributed by atoms with E-state index in [9.17, 15) is 9.59 Å². The van der Waals surface area contributed by atoms with Crippen LogP contribution in [0.15, 0.2) is 42.2 Å². The largest absolute Gasteiger partial charge is 0.383 e. The zero-order chi connectivity index (χ0) is 32.6. The Hall–Kier alpha value is -4.13. The van der Waals surface area contributed by atoms with Crippen LogP contribution in [0.4, 0.5) is 14.5 Å². The minimum Gasteiger partial charge on any atom is -0.383 e. The number of hydrogen-bond donors (Lipinski definition) is 4. The van der Waals surface area contributed by atoms with Gasteiger partial charge in [0.1, 0.15) is 0 Å². The van der Waals surface area contributed by atoms with Crippen LogP contribution in [-0.2, 0) is 11.8 Å². The first-order valence-electron chi connectivity index (χ1n) is 14.5. The number of hydrogen-bond acceptors (Lipinski definition) is 7. The molecular formula is C32H36ClF2N7O3. The van der Waals surface area contributed by atoms with E-state index in [1.807, 2.05) is 4.90 Å². The van der Waals surface area contributed by atoms with Crippen molar-refractivity contribution in [3.05, 3.63) is 75.8 Å². The quantitative estimate of drug-likeness (QED) is 0.228. The van der Waals surface area contributed by atoms with E-state index in [0.29, 0.717) is 41.9 Å². The maximum atomic E-state index is 15.6. The molecule has 2 heterocycles. The Morgan fingerprint density at radius 1 is 1.13 bits per heavy atom. The molecule has 10 nitrogen and oxygen atoms in total. The zero-order valence-electron chi connectivity index (χ0n) is 25.7. The number of nitrogens with zero attached hydrogens (tertiary/aromatic N) is 3. The van der Waals surface area contributed by atoms with Crippen LogP contribution in [-0.4, -0.2) is 78.4 Å². The average molecular weight is 640 g/mol. The molecule has 0 bridgehead atoms. The van der Waals surface area contributed by atoms with Gasteiger partial charge in [0.2, 0.25) is 0 Å². The molecule has 5 rings (SSSR count). The van der Waals surface area contributed by atoms with E-state index in [-0.39, 0.29) is 50.9 Å². The Labute approximate surface area is 265 Å². The number of carbonyl (C=O) groups excluding carboxylic acids is 2. The van der Waals surface area contributed by atoms with Crippen molar-refractivity contribution >= 4 is 40.4 Å². The first-order chi connectivity index (χ1) is 21.4. The van der Waals surface area contributed by atoms with Crippen molar-refractivity contribution in [2.75, 3.05) is 45.7 Å². The van der Waals surface area contributed by atoms with Gasteiger partial charge in [0.15, 0.2) is 17.5 Å². The maximum absolute atomic E-state index is 15.6. The predicted molar refractivity (Wildman–Crippen MR) is 170 cm³/mol. The predicted octanol–water partition coefficient (Wildman–Crippen LogP) is 4.57. The summed E-state index contributed by atoms with van der Waals surface area (Å²) in [7, 11) is 4.88. The van der Waals surface area contributed by atoms with Gasteiger partial charge in [-0.2, -0.15) is 0 Å². The molecular weight excluding hydrogens is 604 g/mol. The summed E-state index contributed by atoms with van der Waals surface area (Å²) in [6.45, 7) is 5.99. The van der Waals surface area contributed by atoms with E-state index >= 15 is 8.78 Å². The van der Waals surface area contributed by atoms with Crippen LogP contribution >= 0.6 is 11.6 Å². The molecule has 2 aliphatic rings. The highest BCUT2D eigenvalue weighted by Crippen LogP contribution is 2.42. The minimum absolute atomic E-state index is 0.0448. The van der Waals surface area contributed by atoms with E-state index in [1.165, 1.54) is 42.9 Å². The number of benzene rings is 2. The van der Waals surface area contributed by atoms with Crippen molar-refractivity contribution in [3.63, 3.8) is 0 Å². The number of allylic oxidation sites excluding steroid dienone is 2. The molecule has 238 valence electrons. The van der Waals surface area contributed by atoms with Crippen LogP contribution in [0.2, 0.25) is 5.02 Å². The topological polar surface area (TPSA) is 124 Å². The normalized spacial score (nSPS) is 19.1. The summed E-state index contributed by atoms with van der Waals surface area (Å²) >= 11 is 6.39. The van der Waals surface area contributed by atoms with Crippen LogP contribution < -0.4 is 16.0 Å². The Balaban J connectivity index is 1.33. The van der Waals surface area contributed by atoms with Crippen LogP contribution in [0.3, 0.4) is 0 Å². The minimum atomic E-state index is -1.12. The van der Waals surface area contributed by atoms with Gasteiger partial charge >= 0.3 is 0 Å². The van der Waals surface area contributed by atoms with Gasteiger partial charge < -0.3 is 35.6 Å². The number of amides is 2. The van der Waals surface area contributed by atoms with E-state index in [0.717, 1.165) is 13.1 Å². The van der Waals surface area contributed by atoms with Crippen molar-refractivity contribution in [2.45, 2.75) is 19.9 Å². The highest BCUT2D eigenvalue weighted by Gasteiger charge is 2.53. The molecule has 1 aliphatic carbocycles. The fraction of sp³-hybridized carbons (Fsp3) is 0.375. The Bertz CT molecular complexity index is 1700. The Morgan fingerprint density at radius 2 is 1.82 bits per heavy atom. The smallest absolute Gasteiger partial charge is 0.291 e. The second-order valence-electron chi connectivity index (χ2n) is 11.4. The fourth-order valence-corrected chi connectivity index (χ4v) is 6.16. The second kappa shape index (κ2) is 13.1. The van der Waals surface area contributed by atoms with Gasteiger partial charge in [-0.25, -0.2) is 13.8 Å². The lowest BCUT2D eigenvalue weighted by Crippen LogP contribution is -2.32. The lowest BCUT2D eigenvalue weighted by molar-refractivity contribution is 0.0946. The summed E-state index contributed by atoms with van der Waals surface area (Å²) in [5, 5.41) is 17.4. The number of nitrogens with one attached hydrogen (secondary N) is 4. The summed E-state index contributed by atoms with van der Waals surface area (Å²) in [6.07, 6.45) is 1.29. The third-order valence-electron chi connectivity index (χ3n) is 8.62. The van der Waals surface area contributed by atoms with E-state index in [1.54, 1.807) is 33.2 Å². The molecule has 1 aliphatic heterocycles. The number of rotatable bonds is 11. The number of anilines is 1. The number of carbonyl (C=O) groups is 2. The molecule has 1 unspecified atom stereocenters. The van der Waals surface area contributed by atoms with Crippen LogP contribution in [0, 0.1) is 28.9 Å². The molecule has 3 atom stereocenters. The van der Waals surface area contributed by atoms with Crippen molar-refractivity contribution in [1.29, 1.82) is 5.41 Å². The average Bonchev–Trinajstić information content (AvgIpc) is 3.29. The standard InChI is InChI=1S/C32H36ClF2N7O3/c1-16(36)26(17(2)41(3)10-11-45-5)21-9-8-20(27(34)28(21)35)25-15-38-30(42(25)4)32(44)39-18-6-7-19(24(33)12-18)31(43)40-29-22-13-37-14-23(22)29/h6-9,12,15,22-23,29,36-37H,10-11,13-14H2,1-5H3,(H,39,44)(H,40,43)/b26-17+,36-16?/t22-,23+,29?. The fourth-order valence-electron chi connectivity index (χ4n) is 5.89. The van der Waals surface area contributed by atoms with Crippen LogP contribution in [0.25, 0.3) is 16.8 Å². The van der Waals surface area contributed by atoms with Gasteiger partial charge in [-0.05, 0) is 49.9 Å². The lowest BCUT2D eigenvalue weighted by Gasteiger charge is -2.23. The molecule has 3 aromatic rings. The number of fused-ring (bicyclic) bond motifs is 1. The number of ether oxygens (including phenoxy) is 1. The number of halogens is 3. The van der Waals surface area contributed by atoms with Gasteiger partial charge in [0.25, 0.3) is 11.8 Å². The number of aromatic nitrogens is 2. The number of imidazole rings is 1. The molecule has 0 spiro atoms. The van der Waals surface area contributed by atoms with Gasteiger partial charge in [0.05, 0.1) is 29.1 Å². The van der Waals surface area contributed by atoms with Gasteiger partial charge in [-0.15, -0.1) is 0 Å². The van der Waals surface area contributed by atoms with Crippen molar-refractivity contribution < 1.29 is 23.1 Å². The van der Waals surface area contributed by atoms with Crippen molar-refractivity contribution in [2.24, 2.45) is 18.9 Å². The van der Waals surface area contributed by atoms with E-state index in [2.05, 4.69) is 20.9 Å². The maximum Gasteiger partial charge on any atom is 0.291 e. The molecule has 0 radical (unpaired) electrons. The third kappa shape index (κ3) is 6.35. The first-order valence-corrected chi connectivity index (χ1v) is 14.9. The van der Waals surface area contributed by atoms with Crippen LogP contribution in [0.5, 0.6) is 0 Å². The van der Waals surface area contributed by atoms with Crippen molar-refractivity contribution in [3.8, 4) is 11.3 Å². The molecule has 1 aromatic heterocycles. The highest BCUT2D eigenvalue weighted by atomic mass is 35.5. The van der Waals surface area contributed by atoms with Gasteiger partial charge in [-0.3, -0.25) is 9.59 Å². The van der Waals surface area contributed by atoms with Gasteiger partial charge in [-0.1, -0.05) is 17.7 Å². The first kappa shape index (κ1) is 32.3. The summed E-state index contributed by atoms with van der Waals surface area (Å²) in [6, 6.07) is 7.57. The number of piperidine rings is 1. The number of methoxy groups -OCH3 is 1. The Morgan fingerprint density at radius 3 is 2.47 bits per heavy atom. The monoisotopic (exact) mass is 639 g/mol. The molecule has 45 heavy (non-hydrogen) atoms. The molecule has 1 saturated heterocycles. The molecule has 13 heteroatoms. The number of likely N-dealkylation sites (N-methyl/N-ethyl adjacent to an activating group) is 1. The SMILES string of the molecule is COCCN(C)/C(C)=C(\C(C)=N)c1ccc(-c2cnc(C(=O)Nc3ccc(C(=O)NC4[C@H]5CNC[C@@H]45)c(Cl)c3)n2C)c(F)c1F. The molecule has 2 aromatic carbocycles. The summed E-state index contributed by atoms with van der Waals surface area (Å²) < 4.78 is 37.6. The molecule has 2 fully saturated rings. The summed E-state index contributed by atoms with van der Waals surface area (Å²) in [5.74, 6) is -2.24. The lowest BCUT2D eigenvalue weighted by atomic mass is 9.96. The summed E-state index contributed by atoms with van der Waals surface area (Å²) in [4.78, 5) is 31.8. The Kier molecular flexibility index (Phi) is 9.38. The third-order valence-corrected chi connectivity index (χ3v) is 8.93. The second-order valence-corrected chi connectivity index (χ2v) is 11.9.